The summed E-state index contributed by atoms with van der Waals surface area (Å²) < 4.78 is 11.2. The molecule has 0 aliphatic rings. The van der Waals surface area contributed by atoms with Gasteiger partial charge in [-0.3, -0.25) is 0 Å². The van der Waals surface area contributed by atoms with Gasteiger partial charge in [0.25, 0.3) is 0 Å². The topological polar surface area (TPSA) is 85.5 Å². The van der Waals surface area contributed by atoms with Crippen LogP contribution >= 0.6 is 11.3 Å². The van der Waals surface area contributed by atoms with Crippen LogP contribution in [0.2, 0.25) is 0 Å². The fourth-order valence-electron chi connectivity index (χ4n) is 1.12. The molecule has 16 heavy (non-hydrogen) atoms. The molecule has 0 radical (unpaired) electrons. The summed E-state index contributed by atoms with van der Waals surface area (Å²) in [6, 6.07) is 3.69. The second-order valence-electron chi connectivity index (χ2n) is 2.82. The van der Waals surface area contributed by atoms with Crippen LogP contribution in [0.15, 0.2) is 22.9 Å². The summed E-state index contributed by atoms with van der Waals surface area (Å²) in [7, 11) is 0. The molecule has 0 bridgehead atoms. The SMILES string of the molecule is C[S+]([O-])c1nccc(-c2ncsc2C#N)n1. The number of hydrogen-bond donors (Lipinski definition) is 0. The average molecular weight is 250 g/mol. The number of thiazole rings is 1. The van der Waals surface area contributed by atoms with Gasteiger partial charge in [0.05, 0.1) is 11.2 Å². The number of nitrogens with zero attached hydrogens (tertiary/aromatic N) is 4. The Morgan fingerprint density at radius 1 is 1.50 bits per heavy atom. The van der Waals surface area contributed by atoms with Gasteiger partial charge in [-0.1, -0.05) is 0 Å². The van der Waals surface area contributed by atoms with Crippen LogP contribution in [0.25, 0.3) is 11.4 Å². The van der Waals surface area contributed by atoms with Crippen molar-refractivity contribution in [3.63, 3.8) is 0 Å². The van der Waals surface area contributed by atoms with Crippen molar-refractivity contribution >= 4 is 22.5 Å². The standard InChI is InChI=1S/C9H6N4OS2/c1-16(14)9-11-3-2-6(13-9)8-7(4-10)15-5-12-8/h2-3,5H,1H3. The average Bonchev–Trinajstić information content (AvgIpc) is 2.77. The summed E-state index contributed by atoms with van der Waals surface area (Å²) in [6.45, 7) is 0. The zero-order valence-corrected chi connectivity index (χ0v) is 9.88. The van der Waals surface area contributed by atoms with Crippen LogP contribution in [-0.4, -0.2) is 25.8 Å². The first-order chi connectivity index (χ1) is 7.72. The van der Waals surface area contributed by atoms with Crippen LogP contribution in [0.1, 0.15) is 4.88 Å². The van der Waals surface area contributed by atoms with Crippen molar-refractivity contribution in [1.29, 1.82) is 5.26 Å². The molecule has 0 aromatic carbocycles. The number of aromatic nitrogens is 3. The lowest BCUT2D eigenvalue weighted by Gasteiger charge is -2.02. The van der Waals surface area contributed by atoms with Crippen molar-refractivity contribution in [1.82, 2.24) is 15.0 Å². The molecule has 0 fully saturated rings. The number of nitriles is 1. The second-order valence-corrected chi connectivity index (χ2v) is 4.95. The third-order valence-corrected chi connectivity index (χ3v) is 3.24. The molecule has 5 nitrogen and oxygen atoms in total. The van der Waals surface area contributed by atoms with E-state index in [-0.39, 0.29) is 5.16 Å². The maximum absolute atomic E-state index is 11.2. The van der Waals surface area contributed by atoms with Gasteiger partial charge in [-0.25, -0.2) is 4.98 Å². The molecule has 2 heterocycles. The Bertz CT molecular complexity index is 546. The van der Waals surface area contributed by atoms with Gasteiger partial charge in [-0.05, 0) is 6.07 Å². The minimum absolute atomic E-state index is 0.245. The molecule has 0 aliphatic heterocycles. The maximum Gasteiger partial charge on any atom is 0.343 e. The molecule has 0 spiro atoms. The quantitative estimate of drug-likeness (QED) is 0.590. The van der Waals surface area contributed by atoms with E-state index in [4.69, 9.17) is 5.26 Å². The molecule has 1 unspecified atom stereocenters. The van der Waals surface area contributed by atoms with Gasteiger partial charge in [-0.15, -0.1) is 11.3 Å². The Kier molecular flexibility index (Phi) is 3.14. The van der Waals surface area contributed by atoms with E-state index in [1.165, 1.54) is 23.8 Å². The lowest BCUT2D eigenvalue weighted by atomic mass is 10.3. The fraction of sp³-hybridized carbons (Fsp3) is 0.111. The van der Waals surface area contributed by atoms with Crippen LogP contribution in [0.5, 0.6) is 0 Å². The van der Waals surface area contributed by atoms with Crippen molar-refractivity contribution in [2.75, 3.05) is 6.26 Å². The van der Waals surface area contributed by atoms with E-state index in [0.29, 0.717) is 16.3 Å². The van der Waals surface area contributed by atoms with E-state index in [1.54, 1.807) is 11.6 Å². The summed E-state index contributed by atoms with van der Waals surface area (Å²) in [5.74, 6) is 0. The first-order valence-corrected chi connectivity index (χ1v) is 6.66. The fourth-order valence-corrected chi connectivity index (χ4v) is 2.14. The van der Waals surface area contributed by atoms with Gasteiger partial charge in [0.15, 0.2) is 0 Å². The van der Waals surface area contributed by atoms with Crippen LogP contribution in [0, 0.1) is 11.3 Å². The highest BCUT2D eigenvalue weighted by atomic mass is 32.2. The predicted molar refractivity (Wildman–Crippen MR) is 60.2 cm³/mol. The van der Waals surface area contributed by atoms with Crippen LogP contribution in [0.4, 0.5) is 0 Å². The van der Waals surface area contributed by atoms with Crippen LogP contribution < -0.4 is 0 Å². The van der Waals surface area contributed by atoms with Crippen molar-refractivity contribution in [2.45, 2.75) is 5.16 Å². The predicted octanol–water partition coefficient (Wildman–Crippen LogP) is 1.21. The molecule has 2 rings (SSSR count). The minimum atomic E-state index is -1.24. The molecule has 0 amide bonds. The molecule has 80 valence electrons. The van der Waals surface area contributed by atoms with Crippen molar-refractivity contribution in [3.05, 3.63) is 22.7 Å². The zero-order valence-electron chi connectivity index (χ0n) is 8.25. The van der Waals surface area contributed by atoms with Crippen molar-refractivity contribution in [2.24, 2.45) is 0 Å². The first-order valence-electron chi connectivity index (χ1n) is 4.23. The maximum atomic E-state index is 11.2. The normalized spacial score (nSPS) is 12.1. The molecule has 0 saturated heterocycles. The molecule has 0 saturated carbocycles. The molecule has 7 heteroatoms. The molecule has 1 atom stereocenters. The zero-order chi connectivity index (χ0) is 11.5. The van der Waals surface area contributed by atoms with Crippen molar-refractivity contribution < 1.29 is 4.55 Å². The van der Waals surface area contributed by atoms with E-state index in [0.717, 1.165) is 0 Å². The van der Waals surface area contributed by atoms with E-state index >= 15 is 0 Å². The summed E-state index contributed by atoms with van der Waals surface area (Å²) >= 11 is 0.0112. The third-order valence-electron chi connectivity index (χ3n) is 1.80. The van der Waals surface area contributed by atoms with Crippen LogP contribution in [0.3, 0.4) is 0 Å². The molecule has 0 N–H and O–H groups in total. The molecule has 0 aliphatic carbocycles. The largest absolute Gasteiger partial charge is 0.609 e. The Morgan fingerprint density at radius 3 is 3.00 bits per heavy atom. The smallest absolute Gasteiger partial charge is 0.343 e. The van der Waals surface area contributed by atoms with E-state index in [1.807, 2.05) is 6.07 Å². The van der Waals surface area contributed by atoms with E-state index in [2.05, 4.69) is 15.0 Å². The Hall–Kier alpha value is -1.49. The summed E-state index contributed by atoms with van der Waals surface area (Å²) in [5.41, 5.74) is 2.62. The lowest BCUT2D eigenvalue weighted by molar-refractivity contribution is 0.592. The third kappa shape index (κ3) is 2.04. The monoisotopic (exact) mass is 250 g/mol. The van der Waals surface area contributed by atoms with Gasteiger partial charge < -0.3 is 4.55 Å². The van der Waals surface area contributed by atoms with Gasteiger partial charge in [0.2, 0.25) is 0 Å². The second kappa shape index (κ2) is 4.57. The Labute approximate surface area is 99.0 Å². The van der Waals surface area contributed by atoms with Gasteiger partial charge in [0, 0.05) is 17.4 Å². The summed E-state index contributed by atoms with van der Waals surface area (Å²) in [4.78, 5) is 12.5. The number of hydrogen-bond acceptors (Lipinski definition) is 6. The molecular weight excluding hydrogens is 244 g/mol. The highest BCUT2D eigenvalue weighted by Gasteiger charge is 2.14. The molecular formula is C9H6N4OS2. The Morgan fingerprint density at radius 2 is 2.31 bits per heavy atom. The van der Waals surface area contributed by atoms with Gasteiger partial charge in [-0.2, -0.15) is 15.2 Å². The first kappa shape index (κ1) is 11.0. The van der Waals surface area contributed by atoms with Crippen LogP contribution in [-0.2, 0) is 11.2 Å². The summed E-state index contributed by atoms with van der Waals surface area (Å²) in [6.07, 6.45) is 3.02. The Balaban J connectivity index is 2.49. The minimum Gasteiger partial charge on any atom is -0.609 e. The lowest BCUT2D eigenvalue weighted by Crippen LogP contribution is -2.04. The summed E-state index contributed by atoms with van der Waals surface area (Å²) in [5, 5.41) is 9.11. The highest BCUT2D eigenvalue weighted by Crippen LogP contribution is 2.23. The van der Waals surface area contributed by atoms with Crippen molar-refractivity contribution in [3.8, 4) is 17.5 Å². The van der Waals surface area contributed by atoms with E-state index < -0.39 is 11.2 Å². The van der Waals surface area contributed by atoms with Gasteiger partial charge >= 0.3 is 5.16 Å². The van der Waals surface area contributed by atoms with E-state index in [9.17, 15) is 4.55 Å². The molecule has 2 aromatic heterocycles. The highest BCUT2D eigenvalue weighted by molar-refractivity contribution is 7.90. The molecule has 2 aromatic rings. The van der Waals surface area contributed by atoms with Gasteiger partial charge in [0.1, 0.15) is 22.9 Å². The number of rotatable bonds is 2.